The second-order valence-corrected chi connectivity index (χ2v) is 8.95. The lowest BCUT2D eigenvalue weighted by molar-refractivity contribution is -0.116. The maximum atomic E-state index is 12.6. The Morgan fingerprint density at radius 1 is 1.06 bits per heavy atom. The molecule has 1 atom stereocenters. The monoisotopic (exact) mass is 437 g/mol. The lowest BCUT2D eigenvalue weighted by Crippen LogP contribution is -2.22. The van der Waals surface area contributed by atoms with Gasteiger partial charge in [0.2, 0.25) is 5.91 Å². The highest BCUT2D eigenvalue weighted by molar-refractivity contribution is 7.11. The molecule has 0 fully saturated rings. The summed E-state index contributed by atoms with van der Waals surface area (Å²) < 4.78 is 16.7. The highest BCUT2D eigenvalue weighted by atomic mass is 32.1. The minimum Gasteiger partial charge on any atom is -0.497 e. The van der Waals surface area contributed by atoms with Crippen LogP contribution < -0.4 is 19.5 Å². The Labute approximate surface area is 187 Å². The summed E-state index contributed by atoms with van der Waals surface area (Å²) in [7, 11) is 3.30. The van der Waals surface area contributed by atoms with Gasteiger partial charge in [0.15, 0.2) is 11.5 Å². The predicted octanol–water partition coefficient (Wildman–Crippen LogP) is 5.94. The van der Waals surface area contributed by atoms with E-state index in [2.05, 4.69) is 24.5 Å². The number of nitrogens with one attached hydrogen (secondary N) is 1. The summed E-state index contributed by atoms with van der Waals surface area (Å²) in [4.78, 5) is 13.8. The number of ether oxygens (including phenoxy) is 3. The second kappa shape index (κ2) is 9.02. The van der Waals surface area contributed by atoms with Crippen LogP contribution in [0.15, 0.2) is 47.8 Å². The van der Waals surface area contributed by atoms with E-state index >= 15 is 0 Å². The van der Waals surface area contributed by atoms with Gasteiger partial charge in [-0.1, -0.05) is 32.0 Å². The summed E-state index contributed by atoms with van der Waals surface area (Å²) in [6.07, 6.45) is 0.408. The molecule has 1 aromatic heterocycles. The summed E-state index contributed by atoms with van der Waals surface area (Å²) in [6.45, 7) is 4.85. The maximum Gasteiger partial charge on any atom is 0.225 e. The van der Waals surface area contributed by atoms with Gasteiger partial charge >= 0.3 is 0 Å². The number of carbonyl (C=O) groups is 1. The van der Waals surface area contributed by atoms with E-state index in [9.17, 15) is 4.79 Å². The molecule has 0 spiro atoms. The van der Waals surface area contributed by atoms with Crippen LogP contribution in [0.3, 0.4) is 0 Å². The van der Waals surface area contributed by atoms with Crippen LogP contribution in [-0.4, -0.2) is 26.7 Å². The minimum absolute atomic E-state index is 0.0183. The smallest absolute Gasteiger partial charge is 0.225 e. The van der Waals surface area contributed by atoms with Gasteiger partial charge in [0.25, 0.3) is 0 Å². The van der Waals surface area contributed by atoms with Crippen molar-refractivity contribution in [3.63, 3.8) is 0 Å². The highest BCUT2D eigenvalue weighted by Crippen LogP contribution is 2.47. The standard InChI is InChI=1S/C25H27NO4S/c1-15(2)13-30-21-10-7-17(11-22(21)29-4)19-12-23(27)26-24-20(14-31-25(19)24)16-5-8-18(28-3)9-6-16/h5-11,14-15,19H,12-13H2,1-4H3,(H,26,27)/t19-/m1/s1. The topological polar surface area (TPSA) is 56.8 Å². The summed E-state index contributed by atoms with van der Waals surface area (Å²) in [5, 5.41) is 5.21. The number of methoxy groups -OCH3 is 2. The Balaban J connectivity index is 1.68. The van der Waals surface area contributed by atoms with E-state index in [1.54, 1.807) is 25.6 Å². The normalized spacial score (nSPS) is 15.4. The lowest BCUT2D eigenvalue weighted by Gasteiger charge is -2.25. The van der Waals surface area contributed by atoms with E-state index in [0.29, 0.717) is 24.7 Å². The molecule has 0 bridgehead atoms. The molecule has 4 rings (SSSR count). The molecule has 1 N–H and O–H groups in total. The quantitative estimate of drug-likeness (QED) is 0.497. The molecule has 3 aromatic rings. The van der Waals surface area contributed by atoms with E-state index in [1.165, 1.54) is 0 Å². The minimum atomic E-state index is -0.0196. The third-order valence-electron chi connectivity index (χ3n) is 5.35. The van der Waals surface area contributed by atoms with Gasteiger partial charge in [-0.3, -0.25) is 4.79 Å². The fourth-order valence-corrected chi connectivity index (χ4v) is 4.92. The van der Waals surface area contributed by atoms with Crippen molar-refractivity contribution in [3.05, 3.63) is 58.3 Å². The summed E-state index contributed by atoms with van der Waals surface area (Å²) in [5.41, 5.74) is 4.03. The molecule has 1 amide bonds. The molecule has 0 unspecified atom stereocenters. The third-order valence-corrected chi connectivity index (χ3v) is 6.45. The van der Waals surface area contributed by atoms with E-state index < -0.39 is 0 Å². The van der Waals surface area contributed by atoms with Crippen molar-refractivity contribution in [2.24, 2.45) is 5.92 Å². The number of rotatable bonds is 7. The lowest BCUT2D eigenvalue weighted by atomic mass is 9.89. The first kappa shape index (κ1) is 21.2. The number of carbonyl (C=O) groups excluding carboxylic acids is 1. The number of anilines is 1. The van der Waals surface area contributed by atoms with Gasteiger partial charge in [-0.2, -0.15) is 0 Å². The number of benzene rings is 2. The SMILES string of the molecule is COc1ccc(-c2csc3c2NC(=O)C[C@@H]3c2ccc(OCC(C)C)c(OC)c2)cc1. The van der Waals surface area contributed by atoms with Crippen LogP contribution in [0, 0.1) is 5.92 Å². The van der Waals surface area contributed by atoms with Crippen LogP contribution in [0.4, 0.5) is 5.69 Å². The van der Waals surface area contributed by atoms with Gasteiger partial charge in [-0.05, 0) is 41.3 Å². The summed E-state index contributed by atoms with van der Waals surface area (Å²) in [6, 6.07) is 13.9. The zero-order valence-corrected chi connectivity index (χ0v) is 19.0. The van der Waals surface area contributed by atoms with Crippen LogP contribution in [0.5, 0.6) is 17.2 Å². The highest BCUT2D eigenvalue weighted by Gasteiger charge is 2.31. The van der Waals surface area contributed by atoms with Crippen LogP contribution in [0.2, 0.25) is 0 Å². The molecule has 2 heterocycles. The summed E-state index contributed by atoms with van der Waals surface area (Å²) in [5.74, 6) is 2.65. The van der Waals surface area contributed by atoms with Crippen LogP contribution in [0.25, 0.3) is 11.1 Å². The van der Waals surface area contributed by atoms with E-state index in [4.69, 9.17) is 14.2 Å². The van der Waals surface area contributed by atoms with Crippen molar-refractivity contribution in [1.29, 1.82) is 0 Å². The Morgan fingerprint density at radius 3 is 2.52 bits per heavy atom. The molecule has 6 heteroatoms. The van der Waals surface area contributed by atoms with Gasteiger partial charge in [0.05, 0.1) is 26.5 Å². The Bertz CT molecular complexity index is 1070. The second-order valence-electron chi connectivity index (χ2n) is 8.04. The number of hydrogen-bond donors (Lipinski definition) is 1. The Hall–Kier alpha value is -2.99. The van der Waals surface area contributed by atoms with E-state index in [0.717, 1.165) is 38.8 Å². The van der Waals surface area contributed by atoms with E-state index in [1.807, 2.05) is 42.5 Å². The van der Waals surface area contributed by atoms with Gasteiger partial charge in [0, 0.05) is 28.2 Å². The summed E-state index contributed by atoms with van der Waals surface area (Å²) >= 11 is 1.68. The molecule has 5 nitrogen and oxygen atoms in total. The molecule has 2 aromatic carbocycles. The number of thiophene rings is 1. The van der Waals surface area contributed by atoms with Gasteiger partial charge in [-0.25, -0.2) is 0 Å². The first-order valence-corrected chi connectivity index (χ1v) is 11.2. The van der Waals surface area contributed by atoms with Crippen molar-refractivity contribution < 1.29 is 19.0 Å². The zero-order chi connectivity index (χ0) is 22.0. The fourth-order valence-electron chi connectivity index (χ4n) is 3.76. The molecular formula is C25H27NO4S. The van der Waals surface area contributed by atoms with Crippen molar-refractivity contribution in [1.82, 2.24) is 0 Å². The van der Waals surface area contributed by atoms with Crippen molar-refractivity contribution in [2.75, 3.05) is 26.1 Å². The Morgan fingerprint density at radius 2 is 1.84 bits per heavy atom. The number of amides is 1. The first-order chi connectivity index (χ1) is 15.0. The maximum absolute atomic E-state index is 12.6. The average Bonchev–Trinajstić information content (AvgIpc) is 3.20. The van der Waals surface area contributed by atoms with Crippen molar-refractivity contribution in [2.45, 2.75) is 26.2 Å². The average molecular weight is 438 g/mol. The molecule has 0 saturated heterocycles. The Kier molecular flexibility index (Phi) is 6.18. The van der Waals surface area contributed by atoms with Gasteiger partial charge < -0.3 is 19.5 Å². The number of fused-ring (bicyclic) bond motifs is 1. The molecule has 0 saturated carbocycles. The molecule has 162 valence electrons. The van der Waals surface area contributed by atoms with Crippen LogP contribution >= 0.6 is 11.3 Å². The molecule has 0 aliphatic carbocycles. The number of hydrogen-bond acceptors (Lipinski definition) is 5. The molecular weight excluding hydrogens is 410 g/mol. The predicted molar refractivity (Wildman–Crippen MR) is 125 cm³/mol. The first-order valence-electron chi connectivity index (χ1n) is 10.4. The largest absolute Gasteiger partial charge is 0.497 e. The van der Waals surface area contributed by atoms with E-state index in [-0.39, 0.29) is 11.8 Å². The van der Waals surface area contributed by atoms with Gasteiger partial charge in [-0.15, -0.1) is 11.3 Å². The van der Waals surface area contributed by atoms with Crippen molar-refractivity contribution >= 4 is 22.9 Å². The fraction of sp³-hybridized carbons (Fsp3) is 0.320. The third kappa shape index (κ3) is 4.39. The zero-order valence-electron chi connectivity index (χ0n) is 18.2. The molecule has 0 radical (unpaired) electrons. The molecule has 31 heavy (non-hydrogen) atoms. The van der Waals surface area contributed by atoms with Crippen LogP contribution in [-0.2, 0) is 4.79 Å². The van der Waals surface area contributed by atoms with Gasteiger partial charge in [0.1, 0.15) is 5.75 Å². The van der Waals surface area contributed by atoms with Crippen molar-refractivity contribution in [3.8, 4) is 28.4 Å². The molecule has 1 aliphatic heterocycles. The van der Waals surface area contributed by atoms with Crippen LogP contribution in [0.1, 0.15) is 36.6 Å². The molecule has 1 aliphatic rings.